The molecule has 0 fully saturated rings. The molecule has 0 heterocycles. The monoisotopic (exact) mass is 528 g/mol. The Morgan fingerprint density at radius 3 is 1.66 bits per heavy atom. The molecule has 0 amide bonds. The number of quaternary nitrogens is 1. The number of fused-ring (bicyclic) bond motifs is 1. The minimum Gasteiger partial charge on any atom is -0.497 e. The van der Waals surface area contributed by atoms with E-state index in [9.17, 15) is 0 Å². The number of hydrogen-bond acceptors (Lipinski definition) is 2. The van der Waals surface area contributed by atoms with Crippen molar-refractivity contribution >= 4 is 5.76 Å². The molecule has 0 N–H and O–H groups in total. The summed E-state index contributed by atoms with van der Waals surface area (Å²) < 4.78 is 12.8. The second kappa shape index (κ2) is 18.7. The normalized spacial score (nSPS) is 15.3. The second-order valence-corrected chi connectivity index (χ2v) is 12.5. The van der Waals surface area contributed by atoms with Crippen LogP contribution in [0.15, 0.2) is 24.0 Å². The number of allylic oxidation sites excluding steroid dienone is 1. The Bertz CT molecular complexity index is 797. The van der Waals surface area contributed by atoms with Crippen LogP contribution in [0.2, 0.25) is 0 Å². The summed E-state index contributed by atoms with van der Waals surface area (Å²) in [5.74, 6) is 2.27. The lowest BCUT2D eigenvalue weighted by Gasteiger charge is -2.30. The van der Waals surface area contributed by atoms with Crippen LogP contribution in [-0.2, 0) is 9.47 Å². The van der Waals surface area contributed by atoms with Crippen molar-refractivity contribution in [2.45, 2.75) is 135 Å². The van der Waals surface area contributed by atoms with Gasteiger partial charge in [0, 0.05) is 11.5 Å². The van der Waals surface area contributed by atoms with Crippen molar-refractivity contribution in [2.24, 2.45) is 0 Å². The SMILES string of the molecule is CCCCCCCCCCCCCCCCCC[N+](C)(C)CCCC1C(OC)=C(OC)c2c(C)cccc21. The Balaban J connectivity index is 1.52. The molecule has 218 valence electrons. The number of benzene rings is 1. The van der Waals surface area contributed by atoms with E-state index in [1.165, 1.54) is 139 Å². The lowest BCUT2D eigenvalue weighted by atomic mass is 9.93. The Kier molecular flexibility index (Phi) is 16.1. The van der Waals surface area contributed by atoms with Crippen LogP contribution < -0.4 is 0 Å². The average molecular weight is 529 g/mol. The first kappa shape index (κ1) is 32.7. The Morgan fingerprint density at radius 2 is 1.16 bits per heavy atom. The number of methoxy groups -OCH3 is 2. The quantitative estimate of drug-likeness (QED) is 0.104. The number of nitrogens with zero attached hydrogens (tertiary/aromatic N) is 1. The highest BCUT2D eigenvalue weighted by molar-refractivity contribution is 5.75. The molecule has 1 aromatic rings. The van der Waals surface area contributed by atoms with Gasteiger partial charge in [0.1, 0.15) is 5.76 Å². The summed E-state index contributed by atoms with van der Waals surface area (Å²) in [7, 11) is 8.38. The van der Waals surface area contributed by atoms with Crippen molar-refractivity contribution in [3.8, 4) is 0 Å². The van der Waals surface area contributed by atoms with E-state index in [0.717, 1.165) is 22.4 Å². The van der Waals surface area contributed by atoms with Crippen LogP contribution in [-0.4, -0.2) is 45.9 Å². The van der Waals surface area contributed by atoms with Crippen molar-refractivity contribution in [3.05, 3.63) is 40.6 Å². The molecule has 3 heteroatoms. The molecule has 1 aromatic carbocycles. The van der Waals surface area contributed by atoms with Gasteiger partial charge in [-0.25, -0.2) is 0 Å². The molecule has 1 unspecified atom stereocenters. The van der Waals surface area contributed by atoms with Gasteiger partial charge in [-0.1, -0.05) is 115 Å². The molecule has 0 bridgehead atoms. The third-order valence-electron chi connectivity index (χ3n) is 8.75. The largest absolute Gasteiger partial charge is 0.497 e. The molecule has 0 saturated carbocycles. The summed E-state index contributed by atoms with van der Waals surface area (Å²) in [6.07, 6.45) is 25.3. The lowest BCUT2D eigenvalue weighted by Crippen LogP contribution is -2.41. The van der Waals surface area contributed by atoms with Crippen LogP contribution in [0.1, 0.15) is 145 Å². The summed E-state index contributed by atoms with van der Waals surface area (Å²) in [6, 6.07) is 6.60. The van der Waals surface area contributed by atoms with Gasteiger partial charge >= 0.3 is 0 Å². The fourth-order valence-electron chi connectivity index (χ4n) is 6.36. The predicted molar refractivity (Wildman–Crippen MR) is 165 cm³/mol. The van der Waals surface area contributed by atoms with E-state index in [2.05, 4.69) is 46.1 Å². The fourth-order valence-corrected chi connectivity index (χ4v) is 6.36. The van der Waals surface area contributed by atoms with E-state index in [4.69, 9.17) is 9.47 Å². The highest BCUT2D eigenvalue weighted by Gasteiger charge is 2.34. The Hall–Kier alpha value is -1.48. The van der Waals surface area contributed by atoms with Gasteiger partial charge in [-0.3, -0.25) is 0 Å². The van der Waals surface area contributed by atoms with E-state index >= 15 is 0 Å². The highest BCUT2D eigenvalue weighted by atomic mass is 16.5. The van der Waals surface area contributed by atoms with Crippen molar-refractivity contribution in [1.29, 1.82) is 0 Å². The predicted octanol–water partition coefficient (Wildman–Crippen LogP) is 10.2. The lowest BCUT2D eigenvalue weighted by molar-refractivity contribution is -0.890. The van der Waals surface area contributed by atoms with E-state index in [0.29, 0.717) is 5.92 Å². The molecule has 1 atom stereocenters. The first-order valence-corrected chi connectivity index (χ1v) is 16.2. The molecular formula is C35H62NO2+. The average Bonchev–Trinajstić information content (AvgIpc) is 3.22. The molecule has 0 aliphatic heterocycles. The van der Waals surface area contributed by atoms with Crippen LogP contribution >= 0.6 is 0 Å². The third kappa shape index (κ3) is 11.3. The molecule has 0 saturated heterocycles. The van der Waals surface area contributed by atoms with Crippen LogP contribution in [0.25, 0.3) is 5.76 Å². The van der Waals surface area contributed by atoms with E-state index in [-0.39, 0.29) is 0 Å². The first-order valence-electron chi connectivity index (χ1n) is 16.2. The van der Waals surface area contributed by atoms with Gasteiger partial charge in [0.2, 0.25) is 0 Å². The molecule has 0 aromatic heterocycles. The zero-order valence-corrected chi connectivity index (χ0v) is 26.2. The smallest absolute Gasteiger partial charge is 0.164 e. The van der Waals surface area contributed by atoms with Crippen LogP contribution in [0.3, 0.4) is 0 Å². The number of unbranched alkanes of at least 4 members (excludes halogenated alkanes) is 15. The highest BCUT2D eigenvalue weighted by Crippen LogP contribution is 2.46. The fraction of sp³-hybridized carbons (Fsp3) is 0.771. The van der Waals surface area contributed by atoms with Crippen molar-refractivity contribution in [2.75, 3.05) is 41.4 Å². The maximum atomic E-state index is 5.86. The number of hydrogen-bond donors (Lipinski definition) is 0. The molecule has 3 nitrogen and oxygen atoms in total. The summed E-state index contributed by atoms with van der Waals surface area (Å²) in [5, 5.41) is 0. The summed E-state index contributed by atoms with van der Waals surface area (Å²) in [4.78, 5) is 0. The molecule has 2 rings (SSSR count). The number of ether oxygens (including phenoxy) is 2. The van der Waals surface area contributed by atoms with E-state index in [1.54, 1.807) is 14.2 Å². The molecule has 38 heavy (non-hydrogen) atoms. The molecular weight excluding hydrogens is 466 g/mol. The number of aryl methyl sites for hydroxylation is 1. The number of rotatable bonds is 23. The summed E-state index contributed by atoms with van der Waals surface area (Å²) in [6.45, 7) is 6.98. The van der Waals surface area contributed by atoms with Gasteiger partial charge < -0.3 is 14.0 Å². The van der Waals surface area contributed by atoms with Gasteiger partial charge in [-0.05, 0) is 43.7 Å². The van der Waals surface area contributed by atoms with Crippen LogP contribution in [0.5, 0.6) is 0 Å². The molecule has 0 spiro atoms. The second-order valence-electron chi connectivity index (χ2n) is 12.5. The van der Waals surface area contributed by atoms with Gasteiger partial charge in [0.05, 0.1) is 41.4 Å². The summed E-state index contributed by atoms with van der Waals surface area (Å²) in [5.41, 5.74) is 3.90. The van der Waals surface area contributed by atoms with Gasteiger partial charge in [-0.15, -0.1) is 0 Å². The Labute approximate surface area is 237 Å². The molecule has 1 aliphatic carbocycles. The standard InChI is InChI=1S/C35H62NO2/c1-7-8-9-10-11-12-13-14-15-16-17-18-19-20-21-22-28-36(3,4)29-24-27-32-31-26-23-25-30(2)33(31)35(38-6)34(32)37-5/h23,25-26,32H,7-22,24,27-29H2,1-6H3/q+1. The first-order chi connectivity index (χ1) is 18.4. The topological polar surface area (TPSA) is 18.5 Å². The van der Waals surface area contributed by atoms with E-state index < -0.39 is 0 Å². The molecule has 0 radical (unpaired) electrons. The maximum absolute atomic E-state index is 5.86. The Morgan fingerprint density at radius 1 is 0.658 bits per heavy atom. The van der Waals surface area contributed by atoms with Gasteiger partial charge in [0.25, 0.3) is 0 Å². The van der Waals surface area contributed by atoms with Crippen LogP contribution in [0, 0.1) is 6.92 Å². The van der Waals surface area contributed by atoms with Gasteiger partial charge in [0.15, 0.2) is 5.76 Å². The van der Waals surface area contributed by atoms with Crippen molar-refractivity contribution in [3.63, 3.8) is 0 Å². The van der Waals surface area contributed by atoms with E-state index in [1.807, 2.05) is 0 Å². The zero-order chi connectivity index (χ0) is 27.6. The van der Waals surface area contributed by atoms with Crippen molar-refractivity contribution in [1.82, 2.24) is 0 Å². The van der Waals surface area contributed by atoms with Gasteiger partial charge in [-0.2, -0.15) is 0 Å². The van der Waals surface area contributed by atoms with Crippen LogP contribution in [0.4, 0.5) is 0 Å². The third-order valence-corrected chi connectivity index (χ3v) is 8.75. The minimum atomic E-state index is 0.320. The zero-order valence-electron chi connectivity index (χ0n) is 26.2. The minimum absolute atomic E-state index is 0.320. The van der Waals surface area contributed by atoms with Crippen molar-refractivity contribution < 1.29 is 14.0 Å². The summed E-state index contributed by atoms with van der Waals surface area (Å²) >= 11 is 0. The molecule has 1 aliphatic rings. The maximum Gasteiger partial charge on any atom is 0.164 e.